The van der Waals surface area contributed by atoms with Crippen LogP contribution >= 0.6 is 0 Å². The molecule has 21 heavy (non-hydrogen) atoms. The SMILES string of the molecule is CCCC(Oc1c(F)cccc1CNCC)C(=O)OCC. The monoisotopic (exact) mass is 297 g/mol. The summed E-state index contributed by atoms with van der Waals surface area (Å²) < 4.78 is 24.6. The first-order valence-electron chi connectivity index (χ1n) is 7.45. The summed E-state index contributed by atoms with van der Waals surface area (Å²) in [7, 11) is 0. The first-order chi connectivity index (χ1) is 10.1. The first kappa shape index (κ1) is 17.4. The number of hydrogen-bond acceptors (Lipinski definition) is 4. The van der Waals surface area contributed by atoms with Crippen molar-refractivity contribution in [2.45, 2.75) is 46.3 Å². The lowest BCUT2D eigenvalue weighted by Gasteiger charge is -2.19. The minimum atomic E-state index is -0.771. The van der Waals surface area contributed by atoms with Gasteiger partial charge in [0.15, 0.2) is 17.7 Å². The second-order valence-electron chi connectivity index (χ2n) is 4.66. The molecule has 0 heterocycles. The van der Waals surface area contributed by atoms with Crippen LogP contribution in [-0.2, 0) is 16.1 Å². The number of carbonyl (C=O) groups is 1. The van der Waals surface area contributed by atoms with E-state index in [1.165, 1.54) is 6.07 Å². The topological polar surface area (TPSA) is 47.6 Å². The molecule has 0 fully saturated rings. The number of hydrogen-bond donors (Lipinski definition) is 1. The number of halogens is 1. The van der Waals surface area contributed by atoms with Gasteiger partial charge in [-0.25, -0.2) is 9.18 Å². The molecule has 0 aliphatic carbocycles. The molecule has 0 amide bonds. The van der Waals surface area contributed by atoms with E-state index in [4.69, 9.17) is 9.47 Å². The van der Waals surface area contributed by atoms with Crippen molar-refractivity contribution in [1.82, 2.24) is 5.32 Å². The zero-order chi connectivity index (χ0) is 15.7. The van der Waals surface area contributed by atoms with E-state index < -0.39 is 17.9 Å². The Morgan fingerprint density at radius 2 is 2.10 bits per heavy atom. The summed E-state index contributed by atoms with van der Waals surface area (Å²) in [6.07, 6.45) is 0.473. The van der Waals surface area contributed by atoms with Gasteiger partial charge in [-0.05, 0) is 26.0 Å². The molecular weight excluding hydrogens is 273 g/mol. The largest absolute Gasteiger partial charge is 0.475 e. The average molecular weight is 297 g/mol. The molecule has 1 rings (SSSR count). The second-order valence-corrected chi connectivity index (χ2v) is 4.66. The van der Waals surface area contributed by atoms with Crippen molar-refractivity contribution in [3.63, 3.8) is 0 Å². The van der Waals surface area contributed by atoms with Crippen LogP contribution in [0.5, 0.6) is 5.75 Å². The Balaban J connectivity index is 2.93. The summed E-state index contributed by atoms with van der Waals surface area (Å²) in [4.78, 5) is 11.9. The molecule has 1 N–H and O–H groups in total. The van der Waals surface area contributed by atoms with Crippen molar-refractivity contribution in [3.05, 3.63) is 29.6 Å². The van der Waals surface area contributed by atoms with E-state index in [2.05, 4.69) is 5.32 Å². The molecule has 0 radical (unpaired) electrons. The van der Waals surface area contributed by atoms with E-state index in [0.29, 0.717) is 18.5 Å². The zero-order valence-corrected chi connectivity index (χ0v) is 12.9. The van der Waals surface area contributed by atoms with Crippen LogP contribution in [0.1, 0.15) is 39.2 Å². The number of ether oxygens (including phenoxy) is 2. The summed E-state index contributed by atoms with van der Waals surface area (Å²) in [5.41, 5.74) is 0.697. The third kappa shape index (κ3) is 5.34. The van der Waals surface area contributed by atoms with E-state index in [1.54, 1.807) is 19.1 Å². The van der Waals surface area contributed by atoms with E-state index in [-0.39, 0.29) is 12.4 Å². The van der Waals surface area contributed by atoms with Gasteiger partial charge >= 0.3 is 5.97 Å². The third-order valence-corrected chi connectivity index (χ3v) is 2.97. The lowest BCUT2D eigenvalue weighted by molar-refractivity contribution is -0.151. The van der Waals surface area contributed by atoms with Gasteiger partial charge in [-0.15, -0.1) is 0 Å². The van der Waals surface area contributed by atoms with Gasteiger partial charge in [-0.3, -0.25) is 0 Å². The molecule has 5 heteroatoms. The number of nitrogens with one attached hydrogen (secondary N) is 1. The predicted molar refractivity (Wildman–Crippen MR) is 79.7 cm³/mol. The quantitative estimate of drug-likeness (QED) is 0.712. The fraction of sp³-hybridized carbons (Fsp3) is 0.562. The Kier molecular flexibility index (Phi) is 7.75. The lowest BCUT2D eigenvalue weighted by Crippen LogP contribution is -2.30. The Labute approximate surface area is 125 Å². The highest BCUT2D eigenvalue weighted by Crippen LogP contribution is 2.25. The van der Waals surface area contributed by atoms with Gasteiger partial charge in [0.25, 0.3) is 0 Å². The standard InChI is InChI=1S/C16H24FNO3/c1-4-8-14(16(19)20-6-3)21-15-12(11-18-5-2)9-7-10-13(15)17/h7,9-10,14,18H,4-6,8,11H2,1-3H3. The highest BCUT2D eigenvalue weighted by Gasteiger charge is 2.23. The van der Waals surface area contributed by atoms with Crippen molar-refractivity contribution in [2.24, 2.45) is 0 Å². The van der Waals surface area contributed by atoms with Gasteiger partial charge in [0.2, 0.25) is 0 Å². The number of esters is 1. The molecule has 1 aromatic carbocycles. The average Bonchev–Trinajstić information content (AvgIpc) is 2.47. The zero-order valence-electron chi connectivity index (χ0n) is 12.9. The molecule has 0 saturated heterocycles. The van der Waals surface area contributed by atoms with Crippen LogP contribution in [0.25, 0.3) is 0 Å². The molecule has 1 aromatic rings. The molecule has 1 atom stereocenters. The molecule has 0 aliphatic rings. The van der Waals surface area contributed by atoms with Crippen molar-refractivity contribution in [2.75, 3.05) is 13.2 Å². The van der Waals surface area contributed by atoms with Crippen molar-refractivity contribution in [1.29, 1.82) is 0 Å². The van der Waals surface area contributed by atoms with Crippen molar-refractivity contribution < 1.29 is 18.7 Å². The van der Waals surface area contributed by atoms with E-state index in [0.717, 1.165) is 13.0 Å². The molecule has 118 valence electrons. The van der Waals surface area contributed by atoms with Crippen LogP contribution in [0, 0.1) is 5.82 Å². The Bertz CT molecular complexity index is 451. The molecule has 0 aromatic heterocycles. The highest BCUT2D eigenvalue weighted by molar-refractivity contribution is 5.75. The normalized spacial score (nSPS) is 12.0. The van der Waals surface area contributed by atoms with Crippen LogP contribution in [-0.4, -0.2) is 25.2 Å². The maximum absolute atomic E-state index is 14.0. The van der Waals surface area contributed by atoms with Crippen LogP contribution in [0.3, 0.4) is 0 Å². The van der Waals surface area contributed by atoms with Crippen LogP contribution in [0.15, 0.2) is 18.2 Å². The Hall–Kier alpha value is -1.62. The Morgan fingerprint density at radius 1 is 1.33 bits per heavy atom. The third-order valence-electron chi connectivity index (χ3n) is 2.97. The summed E-state index contributed by atoms with van der Waals surface area (Å²) in [5.74, 6) is -0.780. The maximum Gasteiger partial charge on any atom is 0.347 e. The Morgan fingerprint density at radius 3 is 2.71 bits per heavy atom. The molecule has 4 nitrogen and oxygen atoms in total. The van der Waals surface area contributed by atoms with E-state index in [9.17, 15) is 9.18 Å². The van der Waals surface area contributed by atoms with Gasteiger partial charge in [0, 0.05) is 12.1 Å². The van der Waals surface area contributed by atoms with Crippen LogP contribution in [0.4, 0.5) is 4.39 Å². The van der Waals surface area contributed by atoms with E-state index >= 15 is 0 Å². The first-order valence-corrected chi connectivity index (χ1v) is 7.45. The number of carbonyl (C=O) groups excluding carboxylic acids is 1. The lowest BCUT2D eigenvalue weighted by atomic mass is 10.1. The highest BCUT2D eigenvalue weighted by atomic mass is 19.1. The molecule has 0 spiro atoms. The molecular formula is C16H24FNO3. The minimum absolute atomic E-state index is 0.130. The van der Waals surface area contributed by atoms with Gasteiger partial charge in [-0.2, -0.15) is 0 Å². The molecule has 0 aliphatic heterocycles. The number of benzene rings is 1. The second kappa shape index (κ2) is 9.34. The van der Waals surface area contributed by atoms with Crippen LogP contribution in [0.2, 0.25) is 0 Å². The number of rotatable bonds is 9. The molecule has 1 unspecified atom stereocenters. The molecule has 0 bridgehead atoms. The van der Waals surface area contributed by atoms with Crippen molar-refractivity contribution in [3.8, 4) is 5.75 Å². The predicted octanol–water partition coefficient (Wildman–Crippen LogP) is 3.05. The summed E-state index contributed by atoms with van der Waals surface area (Å²) in [5, 5.41) is 3.13. The van der Waals surface area contributed by atoms with Gasteiger partial charge in [0.1, 0.15) is 0 Å². The minimum Gasteiger partial charge on any atom is -0.475 e. The number of para-hydroxylation sites is 1. The maximum atomic E-state index is 14.0. The summed E-state index contributed by atoms with van der Waals surface area (Å²) in [6, 6.07) is 4.75. The molecule has 0 saturated carbocycles. The van der Waals surface area contributed by atoms with Crippen LogP contribution < -0.4 is 10.1 Å². The van der Waals surface area contributed by atoms with Crippen molar-refractivity contribution >= 4 is 5.97 Å². The van der Waals surface area contributed by atoms with Gasteiger partial charge < -0.3 is 14.8 Å². The fourth-order valence-corrected chi connectivity index (χ4v) is 1.95. The smallest absolute Gasteiger partial charge is 0.347 e. The summed E-state index contributed by atoms with van der Waals surface area (Å²) in [6.45, 7) is 7.19. The summed E-state index contributed by atoms with van der Waals surface area (Å²) >= 11 is 0. The fourth-order valence-electron chi connectivity index (χ4n) is 1.95. The van der Waals surface area contributed by atoms with E-state index in [1.807, 2.05) is 13.8 Å². The van der Waals surface area contributed by atoms with Gasteiger partial charge in [-0.1, -0.05) is 32.4 Å². The van der Waals surface area contributed by atoms with Gasteiger partial charge in [0.05, 0.1) is 6.61 Å².